The van der Waals surface area contributed by atoms with Gasteiger partial charge in [-0.1, -0.05) is 19.0 Å². The van der Waals surface area contributed by atoms with Gasteiger partial charge in [0.25, 0.3) is 11.6 Å². The number of hydrogen-bond acceptors (Lipinski definition) is 5. The van der Waals surface area contributed by atoms with E-state index in [-0.39, 0.29) is 17.6 Å². The fourth-order valence-electron chi connectivity index (χ4n) is 3.54. The number of halogens is 1. The lowest BCUT2D eigenvalue weighted by Gasteiger charge is -2.35. The van der Waals surface area contributed by atoms with Gasteiger partial charge in [0.05, 0.1) is 28.0 Å². The first-order chi connectivity index (χ1) is 12.9. The molecule has 0 spiro atoms. The second-order valence-corrected chi connectivity index (χ2v) is 7.23. The van der Waals surface area contributed by atoms with Crippen LogP contribution in [0.4, 0.5) is 15.8 Å². The number of likely N-dealkylation sites (N-methyl/N-ethyl adjacent to an activating group) is 1. The molecule has 0 fully saturated rings. The molecule has 0 N–H and O–H groups in total. The highest BCUT2D eigenvalue weighted by Gasteiger charge is 2.30. The molecule has 1 aliphatic rings. The molecule has 0 unspecified atom stereocenters. The lowest BCUT2D eigenvalue weighted by atomic mass is 10.0. The van der Waals surface area contributed by atoms with Crippen LogP contribution in [-0.4, -0.2) is 36.2 Å². The van der Waals surface area contributed by atoms with Crippen molar-refractivity contribution >= 4 is 28.4 Å². The summed E-state index contributed by atoms with van der Waals surface area (Å²) < 4.78 is 19.1. The molecule has 140 valence electrons. The summed E-state index contributed by atoms with van der Waals surface area (Å²) in [5.41, 5.74) is 3.68. The number of aryl methyl sites for hydroxylation is 1. The molecule has 1 amide bonds. The minimum absolute atomic E-state index is 0.0937. The standard InChI is InChI=1S/C20H21FN4O2/c1-11(2)18-17-14(9-12(3)22-19(17)27-23-18)20(26)25-8-7-24(4)16-10-13(21)5-6-15(16)25/h5-6,9-11H,7-8H2,1-4H3. The van der Waals surface area contributed by atoms with Gasteiger partial charge in [0.1, 0.15) is 5.82 Å². The minimum Gasteiger partial charge on any atom is -0.371 e. The first-order valence-electron chi connectivity index (χ1n) is 8.96. The third kappa shape index (κ3) is 2.83. The fraction of sp³-hybridized carbons (Fsp3) is 0.350. The van der Waals surface area contributed by atoms with Crippen LogP contribution in [0.25, 0.3) is 11.1 Å². The maximum Gasteiger partial charge on any atom is 0.259 e. The topological polar surface area (TPSA) is 62.5 Å². The Morgan fingerprint density at radius 1 is 1.22 bits per heavy atom. The van der Waals surface area contributed by atoms with E-state index in [1.54, 1.807) is 17.0 Å². The number of carbonyl (C=O) groups excluding carboxylic acids is 1. The molecule has 4 rings (SSSR count). The van der Waals surface area contributed by atoms with Gasteiger partial charge in [0.15, 0.2) is 0 Å². The Bertz CT molecular complexity index is 1040. The number of fused-ring (bicyclic) bond motifs is 2. The lowest BCUT2D eigenvalue weighted by Crippen LogP contribution is -2.42. The molecule has 0 saturated heterocycles. The van der Waals surface area contributed by atoms with Crippen LogP contribution in [0.15, 0.2) is 28.8 Å². The van der Waals surface area contributed by atoms with Gasteiger partial charge in [-0.2, -0.15) is 0 Å². The second kappa shape index (κ2) is 6.33. The van der Waals surface area contributed by atoms with Crippen molar-refractivity contribution in [2.24, 2.45) is 0 Å². The number of nitrogens with zero attached hydrogens (tertiary/aromatic N) is 4. The van der Waals surface area contributed by atoms with Crippen molar-refractivity contribution in [3.8, 4) is 0 Å². The normalized spacial score (nSPS) is 14.1. The maximum absolute atomic E-state index is 13.7. The van der Waals surface area contributed by atoms with Crippen LogP contribution < -0.4 is 9.80 Å². The molecule has 6 nitrogen and oxygen atoms in total. The maximum atomic E-state index is 13.7. The molecule has 3 heterocycles. The summed E-state index contributed by atoms with van der Waals surface area (Å²) in [6.45, 7) is 6.95. The van der Waals surface area contributed by atoms with Crippen molar-refractivity contribution in [3.63, 3.8) is 0 Å². The Hall–Kier alpha value is -2.96. The zero-order valence-electron chi connectivity index (χ0n) is 15.8. The Kier molecular flexibility index (Phi) is 4.09. The van der Waals surface area contributed by atoms with E-state index in [4.69, 9.17) is 4.52 Å². The Balaban J connectivity index is 1.87. The predicted molar refractivity (Wildman–Crippen MR) is 102 cm³/mol. The van der Waals surface area contributed by atoms with E-state index < -0.39 is 0 Å². The Morgan fingerprint density at radius 2 is 2.00 bits per heavy atom. The highest BCUT2D eigenvalue weighted by Crippen LogP contribution is 2.35. The molecule has 2 aromatic heterocycles. The highest BCUT2D eigenvalue weighted by atomic mass is 19.1. The lowest BCUT2D eigenvalue weighted by molar-refractivity contribution is 0.0988. The van der Waals surface area contributed by atoms with Crippen LogP contribution in [0.3, 0.4) is 0 Å². The van der Waals surface area contributed by atoms with Crippen LogP contribution in [0.1, 0.15) is 41.5 Å². The van der Waals surface area contributed by atoms with E-state index in [0.717, 1.165) is 0 Å². The summed E-state index contributed by atoms with van der Waals surface area (Å²) in [5, 5.41) is 4.78. The van der Waals surface area contributed by atoms with Gasteiger partial charge in [-0.05, 0) is 37.1 Å². The smallest absolute Gasteiger partial charge is 0.259 e. The summed E-state index contributed by atoms with van der Waals surface area (Å²) in [5.74, 6) is -0.383. The number of aromatic nitrogens is 2. The third-order valence-electron chi connectivity index (χ3n) is 4.92. The van der Waals surface area contributed by atoms with Gasteiger partial charge < -0.3 is 14.3 Å². The molecule has 1 aliphatic heterocycles. The van der Waals surface area contributed by atoms with Crippen molar-refractivity contribution in [3.05, 3.63) is 47.0 Å². The summed E-state index contributed by atoms with van der Waals surface area (Å²) in [6, 6.07) is 6.27. The Morgan fingerprint density at radius 3 is 2.74 bits per heavy atom. The molecule has 0 atom stereocenters. The van der Waals surface area contributed by atoms with Crippen molar-refractivity contribution in [1.82, 2.24) is 10.1 Å². The van der Waals surface area contributed by atoms with E-state index in [1.165, 1.54) is 12.1 Å². The molecular formula is C20H21FN4O2. The van der Waals surface area contributed by atoms with E-state index in [0.29, 0.717) is 52.5 Å². The quantitative estimate of drug-likeness (QED) is 0.687. The van der Waals surface area contributed by atoms with E-state index in [9.17, 15) is 9.18 Å². The number of pyridine rings is 1. The monoisotopic (exact) mass is 368 g/mol. The third-order valence-corrected chi connectivity index (χ3v) is 4.92. The van der Waals surface area contributed by atoms with Gasteiger partial charge in [0, 0.05) is 25.8 Å². The summed E-state index contributed by atoms with van der Waals surface area (Å²) in [7, 11) is 1.89. The van der Waals surface area contributed by atoms with E-state index in [2.05, 4.69) is 10.1 Å². The summed E-state index contributed by atoms with van der Waals surface area (Å²) >= 11 is 0. The molecule has 3 aromatic rings. The number of anilines is 2. The van der Waals surface area contributed by atoms with Crippen molar-refractivity contribution in [2.75, 3.05) is 29.9 Å². The number of hydrogen-bond donors (Lipinski definition) is 0. The molecule has 7 heteroatoms. The predicted octanol–water partition coefficient (Wildman–Crippen LogP) is 3.89. The van der Waals surface area contributed by atoms with Crippen molar-refractivity contribution in [2.45, 2.75) is 26.7 Å². The average molecular weight is 368 g/mol. The SMILES string of the molecule is Cc1cc(C(=O)N2CCN(C)c3cc(F)ccc32)c2c(C(C)C)noc2n1. The van der Waals surface area contributed by atoms with E-state index in [1.807, 2.05) is 32.7 Å². The van der Waals surface area contributed by atoms with E-state index >= 15 is 0 Å². The van der Waals surface area contributed by atoms with Crippen LogP contribution >= 0.6 is 0 Å². The highest BCUT2D eigenvalue weighted by molar-refractivity contribution is 6.15. The molecular weight excluding hydrogens is 347 g/mol. The van der Waals surface area contributed by atoms with Gasteiger partial charge in [0.2, 0.25) is 0 Å². The van der Waals surface area contributed by atoms with Crippen molar-refractivity contribution in [1.29, 1.82) is 0 Å². The zero-order chi connectivity index (χ0) is 19.3. The fourth-order valence-corrected chi connectivity index (χ4v) is 3.54. The van der Waals surface area contributed by atoms with Gasteiger partial charge >= 0.3 is 0 Å². The van der Waals surface area contributed by atoms with Crippen molar-refractivity contribution < 1.29 is 13.7 Å². The molecule has 0 bridgehead atoms. The van der Waals surface area contributed by atoms with Gasteiger partial charge in [-0.25, -0.2) is 9.37 Å². The second-order valence-electron chi connectivity index (χ2n) is 7.23. The minimum atomic E-state index is -0.321. The van der Waals surface area contributed by atoms with Gasteiger partial charge in [-0.3, -0.25) is 4.79 Å². The van der Waals surface area contributed by atoms with Crippen LogP contribution in [-0.2, 0) is 0 Å². The molecule has 1 aromatic carbocycles. The van der Waals surface area contributed by atoms with Gasteiger partial charge in [-0.15, -0.1) is 0 Å². The van der Waals surface area contributed by atoms with Crippen LogP contribution in [0.2, 0.25) is 0 Å². The molecule has 27 heavy (non-hydrogen) atoms. The average Bonchev–Trinajstić information content (AvgIpc) is 3.05. The molecule has 0 saturated carbocycles. The zero-order valence-corrected chi connectivity index (χ0v) is 15.8. The number of carbonyl (C=O) groups is 1. The molecule has 0 aliphatic carbocycles. The molecule has 0 radical (unpaired) electrons. The number of rotatable bonds is 2. The first kappa shape index (κ1) is 17.5. The first-order valence-corrected chi connectivity index (χ1v) is 8.96. The Labute approximate surface area is 156 Å². The summed E-state index contributed by atoms with van der Waals surface area (Å²) in [4.78, 5) is 21.5. The van der Waals surface area contributed by atoms with Crippen LogP contribution in [0, 0.1) is 12.7 Å². The number of benzene rings is 1. The summed E-state index contributed by atoms with van der Waals surface area (Å²) in [6.07, 6.45) is 0. The number of amides is 1. The van der Waals surface area contributed by atoms with Crippen LogP contribution in [0.5, 0.6) is 0 Å². The largest absolute Gasteiger partial charge is 0.371 e.